The first-order valence-electron chi connectivity index (χ1n) is 6.49. The first kappa shape index (κ1) is 13.4. The lowest BCUT2D eigenvalue weighted by atomic mass is 9.99. The van der Waals surface area contributed by atoms with Gasteiger partial charge in [0.15, 0.2) is 0 Å². The van der Waals surface area contributed by atoms with Crippen LogP contribution >= 0.6 is 11.3 Å². The summed E-state index contributed by atoms with van der Waals surface area (Å²) in [5, 5.41) is 15.8. The van der Waals surface area contributed by atoms with E-state index < -0.39 is 0 Å². The molecule has 0 bridgehead atoms. The van der Waals surface area contributed by atoms with E-state index in [-0.39, 0.29) is 11.8 Å². The maximum absolute atomic E-state index is 12.0. The monoisotopic (exact) mass is 268 g/mol. The van der Waals surface area contributed by atoms with Crippen LogP contribution in [0, 0.1) is 11.8 Å². The number of aromatic nitrogens is 2. The SMILES string of the molecule is CC(C)Cc1nnc(NC(=O)[C@@H]2CCCNC2)s1. The van der Waals surface area contributed by atoms with Crippen molar-refractivity contribution < 1.29 is 4.79 Å². The molecule has 2 rings (SSSR count). The highest BCUT2D eigenvalue weighted by atomic mass is 32.1. The second-order valence-corrected chi connectivity index (χ2v) is 6.19. The van der Waals surface area contributed by atoms with Crippen molar-refractivity contribution in [3.63, 3.8) is 0 Å². The van der Waals surface area contributed by atoms with Crippen molar-refractivity contribution in [1.29, 1.82) is 0 Å². The van der Waals surface area contributed by atoms with Gasteiger partial charge >= 0.3 is 0 Å². The summed E-state index contributed by atoms with van der Waals surface area (Å²) in [4.78, 5) is 12.0. The quantitative estimate of drug-likeness (QED) is 0.872. The van der Waals surface area contributed by atoms with Crippen LogP contribution in [-0.4, -0.2) is 29.2 Å². The molecule has 1 aromatic heterocycles. The first-order valence-corrected chi connectivity index (χ1v) is 7.30. The number of carbonyl (C=O) groups is 1. The molecule has 0 aliphatic carbocycles. The molecule has 0 aromatic carbocycles. The Morgan fingerprint density at radius 1 is 1.56 bits per heavy atom. The molecule has 6 heteroatoms. The molecule has 1 atom stereocenters. The van der Waals surface area contributed by atoms with Crippen LogP contribution in [0.4, 0.5) is 5.13 Å². The van der Waals surface area contributed by atoms with Crippen molar-refractivity contribution >= 4 is 22.4 Å². The molecule has 5 nitrogen and oxygen atoms in total. The average molecular weight is 268 g/mol. The van der Waals surface area contributed by atoms with Crippen LogP contribution in [-0.2, 0) is 11.2 Å². The topological polar surface area (TPSA) is 66.9 Å². The molecule has 1 amide bonds. The molecule has 0 radical (unpaired) electrons. The Morgan fingerprint density at radius 3 is 3.06 bits per heavy atom. The third-order valence-corrected chi connectivity index (χ3v) is 3.81. The van der Waals surface area contributed by atoms with Crippen molar-refractivity contribution in [2.45, 2.75) is 33.1 Å². The van der Waals surface area contributed by atoms with Gasteiger partial charge in [0.1, 0.15) is 5.01 Å². The fourth-order valence-electron chi connectivity index (χ4n) is 2.02. The van der Waals surface area contributed by atoms with Gasteiger partial charge < -0.3 is 10.6 Å². The lowest BCUT2D eigenvalue weighted by Crippen LogP contribution is -2.37. The normalized spacial score (nSPS) is 20.1. The highest BCUT2D eigenvalue weighted by Gasteiger charge is 2.21. The Balaban J connectivity index is 1.88. The van der Waals surface area contributed by atoms with Gasteiger partial charge in [0.05, 0.1) is 5.92 Å². The molecule has 0 spiro atoms. The summed E-state index contributed by atoms with van der Waals surface area (Å²) in [6.45, 7) is 6.07. The number of nitrogens with one attached hydrogen (secondary N) is 2. The minimum Gasteiger partial charge on any atom is -0.316 e. The molecular weight excluding hydrogens is 248 g/mol. The lowest BCUT2D eigenvalue weighted by Gasteiger charge is -2.21. The van der Waals surface area contributed by atoms with Gasteiger partial charge in [0.25, 0.3) is 0 Å². The molecule has 1 aliphatic rings. The van der Waals surface area contributed by atoms with Gasteiger partial charge in [-0.2, -0.15) is 0 Å². The molecule has 2 heterocycles. The lowest BCUT2D eigenvalue weighted by molar-refractivity contribution is -0.120. The minimum absolute atomic E-state index is 0.0643. The number of piperidine rings is 1. The molecule has 0 unspecified atom stereocenters. The van der Waals surface area contributed by atoms with Gasteiger partial charge in [-0.1, -0.05) is 25.2 Å². The molecule has 2 N–H and O–H groups in total. The number of carbonyl (C=O) groups excluding carboxylic acids is 1. The largest absolute Gasteiger partial charge is 0.316 e. The van der Waals surface area contributed by atoms with E-state index in [0.717, 1.165) is 37.4 Å². The minimum atomic E-state index is 0.0643. The first-order chi connectivity index (χ1) is 8.65. The van der Waals surface area contributed by atoms with Gasteiger partial charge in [0.2, 0.25) is 11.0 Å². The van der Waals surface area contributed by atoms with Crippen LogP contribution in [0.2, 0.25) is 0 Å². The van der Waals surface area contributed by atoms with E-state index in [4.69, 9.17) is 0 Å². The third-order valence-electron chi connectivity index (χ3n) is 2.95. The molecular formula is C12H20N4OS. The van der Waals surface area contributed by atoms with E-state index >= 15 is 0 Å². The standard InChI is InChI=1S/C12H20N4OS/c1-8(2)6-10-15-16-12(18-10)14-11(17)9-4-3-5-13-7-9/h8-9,13H,3-7H2,1-2H3,(H,14,16,17)/t9-/m1/s1. The maximum atomic E-state index is 12.0. The zero-order valence-electron chi connectivity index (χ0n) is 10.9. The van der Waals surface area contributed by atoms with Crippen molar-refractivity contribution in [2.24, 2.45) is 11.8 Å². The maximum Gasteiger partial charge on any atom is 0.230 e. The molecule has 1 aliphatic heterocycles. The summed E-state index contributed by atoms with van der Waals surface area (Å²) in [6, 6.07) is 0. The summed E-state index contributed by atoms with van der Waals surface area (Å²) in [5.41, 5.74) is 0. The summed E-state index contributed by atoms with van der Waals surface area (Å²) < 4.78 is 0. The van der Waals surface area contributed by atoms with Gasteiger partial charge in [-0.3, -0.25) is 4.79 Å². The molecule has 18 heavy (non-hydrogen) atoms. The fraction of sp³-hybridized carbons (Fsp3) is 0.750. The van der Waals surface area contributed by atoms with E-state index in [1.54, 1.807) is 0 Å². The Kier molecular flexibility index (Phi) is 4.66. The van der Waals surface area contributed by atoms with Crippen LogP contribution < -0.4 is 10.6 Å². The fourth-order valence-corrected chi connectivity index (χ4v) is 2.97. The number of anilines is 1. The Morgan fingerprint density at radius 2 is 2.39 bits per heavy atom. The predicted molar refractivity (Wildman–Crippen MR) is 72.7 cm³/mol. The van der Waals surface area contributed by atoms with E-state index in [9.17, 15) is 4.79 Å². The molecule has 1 fully saturated rings. The van der Waals surface area contributed by atoms with E-state index in [0.29, 0.717) is 11.0 Å². The zero-order chi connectivity index (χ0) is 13.0. The van der Waals surface area contributed by atoms with E-state index in [1.807, 2.05) is 0 Å². The molecule has 100 valence electrons. The van der Waals surface area contributed by atoms with Gasteiger partial charge in [-0.05, 0) is 25.3 Å². The van der Waals surface area contributed by atoms with Crippen LogP contribution in [0.1, 0.15) is 31.7 Å². The summed E-state index contributed by atoms with van der Waals surface area (Å²) in [5.74, 6) is 0.690. The number of hydrogen-bond donors (Lipinski definition) is 2. The Hall–Kier alpha value is -1.01. The highest BCUT2D eigenvalue weighted by Crippen LogP contribution is 2.20. The number of rotatable bonds is 4. The van der Waals surface area contributed by atoms with Gasteiger partial charge in [-0.15, -0.1) is 10.2 Å². The van der Waals surface area contributed by atoms with Crippen molar-refractivity contribution in [1.82, 2.24) is 15.5 Å². The third kappa shape index (κ3) is 3.74. The van der Waals surface area contributed by atoms with Crippen LogP contribution in [0.5, 0.6) is 0 Å². The second kappa shape index (κ2) is 6.24. The molecule has 0 saturated carbocycles. The van der Waals surface area contributed by atoms with Crippen molar-refractivity contribution in [3.05, 3.63) is 5.01 Å². The number of nitrogens with zero attached hydrogens (tertiary/aromatic N) is 2. The van der Waals surface area contributed by atoms with E-state index in [2.05, 4.69) is 34.7 Å². The smallest absolute Gasteiger partial charge is 0.230 e. The molecule has 1 saturated heterocycles. The van der Waals surface area contributed by atoms with Crippen molar-refractivity contribution in [3.8, 4) is 0 Å². The summed E-state index contributed by atoms with van der Waals surface area (Å²) in [6.07, 6.45) is 2.93. The zero-order valence-corrected chi connectivity index (χ0v) is 11.7. The average Bonchev–Trinajstić information content (AvgIpc) is 2.76. The van der Waals surface area contributed by atoms with Gasteiger partial charge in [-0.25, -0.2) is 0 Å². The van der Waals surface area contributed by atoms with Crippen molar-refractivity contribution in [2.75, 3.05) is 18.4 Å². The van der Waals surface area contributed by atoms with Crippen LogP contribution in [0.3, 0.4) is 0 Å². The number of amides is 1. The van der Waals surface area contributed by atoms with E-state index in [1.165, 1.54) is 11.3 Å². The predicted octanol–water partition coefficient (Wildman–Crippen LogP) is 1.67. The summed E-state index contributed by atoms with van der Waals surface area (Å²) in [7, 11) is 0. The Bertz CT molecular complexity index is 399. The highest BCUT2D eigenvalue weighted by molar-refractivity contribution is 7.15. The Labute approximate surface area is 111 Å². The number of hydrogen-bond acceptors (Lipinski definition) is 5. The second-order valence-electron chi connectivity index (χ2n) is 5.13. The van der Waals surface area contributed by atoms with Gasteiger partial charge in [0, 0.05) is 13.0 Å². The van der Waals surface area contributed by atoms with Crippen LogP contribution in [0.15, 0.2) is 0 Å². The molecule has 1 aromatic rings. The van der Waals surface area contributed by atoms with Crippen LogP contribution in [0.25, 0.3) is 0 Å². The summed E-state index contributed by atoms with van der Waals surface area (Å²) >= 11 is 1.48.